The number of carbonyl (C=O) groups is 1. The minimum atomic E-state index is -0.589. The Hall–Kier alpha value is -1.43. The molecule has 0 saturated heterocycles. The van der Waals surface area contributed by atoms with E-state index in [0.717, 1.165) is 18.4 Å². The first-order chi connectivity index (χ1) is 11.4. The number of hydrogen-bond acceptors (Lipinski definition) is 5. The molecular weight excluding hydrogens is 306 g/mol. The summed E-state index contributed by atoms with van der Waals surface area (Å²) in [6.45, 7) is 9.46. The molecule has 0 aliphatic carbocycles. The van der Waals surface area contributed by atoms with Gasteiger partial charge in [-0.3, -0.25) is 4.79 Å². The van der Waals surface area contributed by atoms with Gasteiger partial charge in [-0.1, -0.05) is 27.2 Å². The number of nitrogens with one attached hydrogen (secondary N) is 1. The lowest BCUT2D eigenvalue weighted by Gasteiger charge is -2.17. The van der Waals surface area contributed by atoms with Gasteiger partial charge in [-0.2, -0.15) is 0 Å². The van der Waals surface area contributed by atoms with Gasteiger partial charge in [0.1, 0.15) is 18.5 Å². The molecule has 0 spiro atoms. The van der Waals surface area contributed by atoms with Crippen molar-refractivity contribution in [3.63, 3.8) is 0 Å². The molecule has 0 aliphatic heterocycles. The monoisotopic (exact) mass is 337 g/mol. The number of aliphatic hydroxyl groups is 1. The quantitative estimate of drug-likeness (QED) is 0.453. The lowest BCUT2D eigenvalue weighted by Crippen LogP contribution is -2.35. The van der Waals surface area contributed by atoms with Crippen LogP contribution < -0.4 is 10.1 Å². The van der Waals surface area contributed by atoms with Crippen LogP contribution in [0, 0.1) is 0 Å². The van der Waals surface area contributed by atoms with E-state index in [1.807, 2.05) is 19.9 Å². The molecule has 0 heterocycles. The number of aliphatic hydroxyl groups excluding tert-OH is 1. The Balaban J connectivity index is 2.67. The molecule has 136 valence electrons. The number of hydrogen-bond donors (Lipinski definition) is 2. The average Bonchev–Trinajstić information content (AvgIpc) is 2.55. The van der Waals surface area contributed by atoms with Crippen LogP contribution in [-0.2, 0) is 11.3 Å². The maximum atomic E-state index is 11.6. The predicted molar refractivity (Wildman–Crippen MR) is 95.7 cm³/mol. The highest BCUT2D eigenvalue weighted by Crippen LogP contribution is 2.22. The van der Waals surface area contributed by atoms with Crippen LogP contribution in [0.4, 0.5) is 0 Å². The van der Waals surface area contributed by atoms with Crippen LogP contribution >= 0.6 is 0 Å². The Morgan fingerprint density at radius 1 is 1.33 bits per heavy atom. The van der Waals surface area contributed by atoms with Crippen molar-refractivity contribution >= 4 is 5.78 Å². The van der Waals surface area contributed by atoms with Crippen LogP contribution in [0.1, 0.15) is 56.5 Å². The Kier molecular flexibility index (Phi) is 9.60. The Morgan fingerprint density at radius 3 is 2.71 bits per heavy atom. The van der Waals surface area contributed by atoms with Crippen LogP contribution in [-0.4, -0.2) is 42.8 Å². The zero-order valence-electron chi connectivity index (χ0n) is 15.3. The summed E-state index contributed by atoms with van der Waals surface area (Å²) in [6, 6.07) is 5.64. The number of benzene rings is 1. The van der Waals surface area contributed by atoms with Crippen molar-refractivity contribution in [1.29, 1.82) is 0 Å². The Bertz CT molecular complexity index is 502. The lowest BCUT2D eigenvalue weighted by molar-refractivity contribution is 0.0957. The maximum Gasteiger partial charge on any atom is 0.159 e. The molecule has 1 aromatic rings. The van der Waals surface area contributed by atoms with Gasteiger partial charge in [-0.05, 0) is 31.5 Å². The second kappa shape index (κ2) is 11.2. The van der Waals surface area contributed by atoms with Gasteiger partial charge >= 0.3 is 0 Å². The molecule has 5 heteroatoms. The topological polar surface area (TPSA) is 67.8 Å². The van der Waals surface area contributed by atoms with Crippen molar-refractivity contribution in [3.8, 4) is 5.75 Å². The average molecular weight is 337 g/mol. The summed E-state index contributed by atoms with van der Waals surface area (Å²) in [5, 5.41) is 13.1. The van der Waals surface area contributed by atoms with E-state index in [0.29, 0.717) is 37.1 Å². The minimum absolute atomic E-state index is 0.0116. The third-order valence-corrected chi connectivity index (χ3v) is 3.56. The third kappa shape index (κ3) is 7.90. The molecule has 1 aromatic carbocycles. The van der Waals surface area contributed by atoms with E-state index in [-0.39, 0.29) is 12.4 Å². The molecule has 2 N–H and O–H groups in total. The highest BCUT2D eigenvalue weighted by molar-refractivity contribution is 5.94. The summed E-state index contributed by atoms with van der Waals surface area (Å²) in [7, 11) is 0. The van der Waals surface area contributed by atoms with Crippen LogP contribution in [0.2, 0.25) is 0 Å². The van der Waals surface area contributed by atoms with Crippen molar-refractivity contribution in [2.75, 3.05) is 19.8 Å². The molecule has 5 nitrogen and oxygen atoms in total. The number of rotatable bonds is 12. The lowest BCUT2D eigenvalue weighted by atomic mass is 10.1. The molecule has 1 rings (SSSR count). The molecule has 24 heavy (non-hydrogen) atoms. The number of ether oxygens (including phenoxy) is 2. The summed E-state index contributed by atoms with van der Waals surface area (Å²) in [6.07, 6.45) is 1.49. The van der Waals surface area contributed by atoms with E-state index < -0.39 is 6.10 Å². The number of carbonyl (C=O) groups excluding carboxylic acids is 1. The van der Waals surface area contributed by atoms with Gasteiger partial charge in [0.25, 0.3) is 0 Å². The van der Waals surface area contributed by atoms with Crippen LogP contribution in [0.3, 0.4) is 0 Å². The fourth-order valence-electron chi connectivity index (χ4n) is 2.10. The molecule has 0 saturated carbocycles. The van der Waals surface area contributed by atoms with E-state index in [1.165, 1.54) is 0 Å². The number of ketones is 1. The first-order valence-electron chi connectivity index (χ1n) is 8.69. The smallest absolute Gasteiger partial charge is 0.159 e. The highest BCUT2D eigenvalue weighted by Gasteiger charge is 2.11. The second-order valence-electron chi connectivity index (χ2n) is 6.31. The van der Waals surface area contributed by atoms with Crippen molar-refractivity contribution in [1.82, 2.24) is 5.32 Å². The van der Waals surface area contributed by atoms with Crippen molar-refractivity contribution in [2.45, 2.75) is 59.3 Å². The fraction of sp³-hybridized carbons (Fsp3) is 0.632. The molecule has 0 amide bonds. The minimum Gasteiger partial charge on any atom is -0.490 e. The normalized spacial score (nSPS) is 12.4. The van der Waals surface area contributed by atoms with Gasteiger partial charge in [0.05, 0.1) is 6.61 Å². The predicted octanol–water partition coefficient (Wildman–Crippen LogP) is 2.94. The van der Waals surface area contributed by atoms with E-state index >= 15 is 0 Å². The van der Waals surface area contributed by atoms with Gasteiger partial charge in [-0.15, -0.1) is 0 Å². The van der Waals surface area contributed by atoms with E-state index in [9.17, 15) is 9.90 Å². The van der Waals surface area contributed by atoms with Gasteiger partial charge in [0.2, 0.25) is 0 Å². The van der Waals surface area contributed by atoms with Crippen LogP contribution in [0.15, 0.2) is 18.2 Å². The number of Topliss-reactive ketones (excluding diaryl/α,β-unsaturated/α-hetero) is 1. The molecular formula is C19H31NO4. The Morgan fingerprint density at radius 2 is 2.08 bits per heavy atom. The zero-order chi connectivity index (χ0) is 17.9. The molecule has 0 aromatic heterocycles. The summed E-state index contributed by atoms with van der Waals surface area (Å²) in [5.74, 6) is 0.664. The van der Waals surface area contributed by atoms with Gasteiger partial charge < -0.3 is 19.9 Å². The van der Waals surface area contributed by atoms with Crippen molar-refractivity contribution in [2.24, 2.45) is 0 Å². The molecule has 0 radical (unpaired) electrons. The second-order valence-corrected chi connectivity index (χ2v) is 6.31. The fourth-order valence-corrected chi connectivity index (χ4v) is 2.10. The molecule has 1 unspecified atom stereocenters. The summed E-state index contributed by atoms with van der Waals surface area (Å²) in [5.41, 5.74) is 1.47. The first-order valence-corrected chi connectivity index (χ1v) is 8.69. The third-order valence-electron chi connectivity index (χ3n) is 3.56. The van der Waals surface area contributed by atoms with Crippen molar-refractivity contribution < 1.29 is 19.4 Å². The molecule has 0 bridgehead atoms. The summed E-state index contributed by atoms with van der Waals surface area (Å²) in [4.78, 5) is 11.6. The highest BCUT2D eigenvalue weighted by atomic mass is 16.5. The van der Waals surface area contributed by atoms with Crippen LogP contribution in [0.25, 0.3) is 0 Å². The first kappa shape index (κ1) is 20.6. The SMILES string of the molecule is CCCCOCc1cc(C(C)=O)ccc1OCC(O)CNC(C)C. The van der Waals surface area contributed by atoms with E-state index in [1.54, 1.807) is 19.1 Å². The number of unbranched alkanes of at least 4 members (excludes halogenated alkanes) is 1. The standard InChI is InChI=1S/C19H31NO4/c1-5-6-9-23-12-17-10-16(15(4)21)7-8-19(17)24-13-18(22)11-20-14(2)3/h7-8,10,14,18,20,22H,5-6,9,11-13H2,1-4H3. The molecule has 0 fully saturated rings. The van der Waals surface area contributed by atoms with E-state index in [2.05, 4.69) is 12.2 Å². The van der Waals surface area contributed by atoms with Crippen molar-refractivity contribution in [3.05, 3.63) is 29.3 Å². The van der Waals surface area contributed by atoms with Crippen LogP contribution in [0.5, 0.6) is 5.75 Å². The summed E-state index contributed by atoms with van der Waals surface area (Å²) >= 11 is 0. The van der Waals surface area contributed by atoms with Gasteiger partial charge in [0.15, 0.2) is 5.78 Å². The van der Waals surface area contributed by atoms with E-state index in [4.69, 9.17) is 9.47 Å². The largest absolute Gasteiger partial charge is 0.490 e. The molecule has 0 aliphatic rings. The summed E-state index contributed by atoms with van der Waals surface area (Å²) < 4.78 is 11.4. The molecule has 1 atom stereocenters. The maximum absolute atomic E-state index is 11.6. The van der Waals surface area contributed by atoms with Gasteiger partial charge in [0, 0.05) is 30.3 Å². The van der Waals surface area contributed by atoms with Gasteiger partial charge in [-0.25, -0.2) is 0 Å². The zero-order valence-corrected chi connectivity index (χ0v) is 15.3. The Labute approximate surface area is 145 Å².